The maximum atomic E-state index is 12.9. The van der Waals surface area contributed by atoms with Crippen LogP contribution in [0.1, 0.15) is 36.5 Å². The number of amides is 2. The summed E-state index contributed by atoms with van der Waals surface area (Å²) in [6.45, 7) is 5.03. The Kier molecular flexibility index (Phi) is 5.27. The Labute approximate surface area is 170 Å². The van der Waals surface area contributed by atoms with Crippen molar-refractivity contribution in [1.29, 1.82) is 0 Å². The summed E-state index contributed by atoms with van der Waals surface area (Å²) in [5, 5.41) is 3.45. The molecule has 2 aromatic rings. The number of anilines is 3. The third kappa shape index (κ3) is 3.85. The van der Waals surface area contributed by atoms with E-state index in [0.717, 1.165) is 31.1 Å². The second-order valence-electron chi connectivity index (χ2n) is 7.65. The van der Waals surface area contributed by atoms with Crippen LogP contribution >= 0.6 is 11.6 Å². The standard InChI is InChI=1S/C22H24ClN3O2/c1-15-10-12-25(14-15)18-7-5-17(6-8-18)24-22(28)19-9-4-16(23)13-20(19)26-11-2-3-21(26)27/h4-9,13,15H,2-3,10-12,14H2,1H3,(H,24,28). The fourth-order valence-corrected chi connectivity index (χ4v) is 4.11. The first-order valence-electron chi connectivity index (χ1n) is 9.77. The van der Waals surface area contributed by atoms with Gasteiger partial charge in [-0.2, -0.15) is 0 Å². The van der Waals surface area contributed by atoms with Crippen LogP contribution in [0.3, 0.4) is 0 Å². The van der Waals surface area contributed by atoms with Crippen LogP contribution < -0.4 is 15.1 Å². The maximum Gasteiger partial charge on any atom is 0.257 e. The Morgan fingerprint density at radius 2 is 1.93 bits per heavy atom. The van der Waals surface area contributed by atoms with Gasteiger partial charge in [0.05, 0.1) is 11.3 Å². The number of hydrogen-bond donors (Lipinski definition) is 1. The van der Waals surface area contributed by atoms with Crippen LogP contribution in [0.15, 0.2) is 42.5 Å². The molecule has 6 heteroatoms. The van der Waals surface area contributed by atoms with Gasteiger partial charge in [0.25, 0.3) is 5.91 Å². The zero-order valence-corrected chi connectivity index (χ0v) is 16.7. The first-order chi connectivity index (χ1) is 13.5. The molecule has 2 aliphatic heterocycles. The minimum Gasteiger partial charge on any atom is -0.371 e. The van der Waals surface area contributed by atoms with Crippen molar-refractivity contribution in [3.8, 4) is 0 Å². The number of nitrogens with zero attached hydrogens (tertiary/aromatic N) is 2. The quantitative estimate of drug-likeness (QED) is 0.822. The van der Waals surface area contributed by atoms with E-state index in [4.69, 9.17) is 11.6 Å². The molecular weight excluding hydrogens is 374 g/mol. The van der Waals surface area contributed by atoms with Crippen molar-refractivity contribution >= 4 is 40.5 Å². The third-order valence-electron chi connectivity index (χ3n) is 5.48. The average Bonchev–Trinajstić information content (AvgIpc) is 3.30. The van der Waals surface area contributed by atoms with Gasteiger partial charge in [-0.25, -0.2) is 0 Å². The van der Waals surface area contributed by atoms with E-state index in [-0.39, 0.29) is 11.8 Å². The highest BCUT2D eigenvalue weighted by atomic mass is 35.5. The van der Waals surface area contributed by atoms with Crippen molar-refractivity contribution in [1.82, 2.24) is 0 Å². The number of halogens is 1. The summed E-state index contributed by atoms with van der Waals surface area (Å²) in [7, 11) is 0. The van der Waals surface area contributed by atoms with E-state index >= 15 is 0 Å². The molecule has 2 heterocycles. The fraction of sp³-hybridized carbons (Fsp3) is 0.364. The molecule has 0 radical (unpaired) electrons. The van der Waals surface area contributed by atoms with Gasteiger partial charge in [-0.3, -0.25) is 9.59 Å². The van der Waals surface area contributed by atoms with E-state index in [2.05, 4.69) is 17.1 Å². The van der Waals surface area contributed by atoms with Crippen molar-refractivity contribution in [2.75, 3.05) is 34.8 Å². The lowest BCUT2D eigenvalue weighted by Crippen LogP contribution is -2.27. The summed E-state index contributed by atoms with van der Waals surface area (Å²) >= 11 is 6.12. The van der Waals surface area contributed by atoms with Crippen LogP contribution in [0, 0.1) is 5.92 Å². The fourth-order valence-electron chi connectivity index (χ4n) is 3.95. The molecule has 0 aliphatic carbocycles. The van der Waals surface area contributed by atoms with Crippen molar-refractivity contribution < 1.29 is 9.59 Å². The molecule has 2 aliphatic rings. The Morgan fingerprint density at radius 1 is 1.14 bits per heavy atom. The van der Waals surface area contributed by atoms with E-state index < -0.39 is 0 Å². The predicted molar refractivity (Wildman–Crippen MR) is 113 cm³/mol. The molecular formula is C22H24ClN3O2. The van der Waals surface area contributed by atoms with Crippen LogP contribution in [-0.4, -0.2) is 31.4 Å². The first kappa shape index (κ1) is 18.8. The van der Waals surface area contributed by atoms with Crippen LogP contribution in [0.5, 0.6) is 0 Å². The van der Waals surface area contributed by atoms with Crippen molar-refractivity contribution in [3.05, 3.63) is 53.1 Å². The van der Waals surface area contributed by atoms with Crippen LogP contribution in [0.2, 0.25) is 5.02 Å². The molecule has 0 saturated carbocycles. The van der Waals surface area contributed by atoms with Crippen LogP contribution in [0.25, 0.3) is 0 Å². The monoisotopic (exact) mass is 397 g/mol. The van der Waals surface area contributed by atoms with E-state index in [0.29, 0.717) is 29.2 Å². The molecule has 1 unspecified atom stereocenters. The topological polar surface area (TPSA) is 52.7 Å². The van der Waals surface area contributed by atoms with Gasteiger partial charge in [0.1, 0.15) is 0 Å². The minimum atomic E-state index is -0.242. The highest BCUT2D eigenvalue weighted by Crippen LogP contribution is 2.30. The predicted octanol–water partition coefficient (Wildman–Crippen LogP) is 4.57. The highest BCUT2D eigenvalue weighted by Gasteiger charge is 2.26. The molecule has 0 aromatic heterocycles. The second-order valence-corrected chi connectivity index (χ2v) is 8.09. The van der Waals surface area contributed by atoms with Gasteiger partial charge in [0.15, 0.2) is 0 Å². The number of nitrogens with one attached hydrogen (secondary N) is 1. The molecule has 0 bridgehead atoms. The molecule has 4 rings (SSSR count). The molecule has 5 nitrogen and oxygen atoms in total. The van der Waals surface area contributed by atoms with Crippen molar-refractivity contribution in [2.24, 2.45) is 5.92 Å². The molecule has 2 aromatic carbocycles. The van der Waals surface area contributed by atoms with Gasteiger partial charge < -0.3 is 15.1 Å². The molecule has 2 fully saturated rings. The van der Waals surface area contributed by atoms with E-state index in [1.54, 1.807) is 23.1 Å². The largest absolute Gasteiger partial charge is 0.371 e. The average molecular weight is 398 g/mol. The summed E-state index contributed by atoms with van der Waals surface area (Å²) < 4.78 is 0. The normalized spacial score (nSPS) is 19.4. The number of benzene rings is 2. The molecule has 146 valence electrons. The summed E-state index contributed by atoms with van der Waals surface area (Å²) in [5.41, 5.74) is 2.94. The first-order valence-corrected chi connectivity index (χ1v) is 10.2. The van der Waals surface area contributed by atoms with Gasteiger partial charge in [-0.15, -0.1) is 0 Å². The summed E-state index contributed by atoms with van der Waals surface area (Å²) in [4.78, 5) is 29.1. The summed E-state index contributed by atoms with van der Waals surface area (Å²) in [6, 6.07) is 13.0. The smallest absolute Gasteiger partial charge is 0.257 e. The van der Waals surface area contributed by atoms with Crippen LogP contribution in [0.4, 0.5) is 17.1 Å². The Morgan fingerprint density at radius 3 is 2.57 bits per heavy atom. The molecule has 1 N–H and O–H groups in total. The number of rotatable bonds is 4. The Balaban J connectivity index is 1.51. The zero-order valence-electron chi connectivity index (χ0n) is 16.0. The molecule has 28 heavy (non-hydrogen) atoms. The molecule has 0 spiro atoms. The summed E-state index contributed by atoms with van der Waals surface area (Å²) in [5.74, 6) is 0.505. The lowest BCUT2D eigenvalue weighted by atomic mass is 10.1. The number of carbonyl (C=O) groups is 2. The van der Waals surface area contributed by atoms with Gasteiger partial charge >= 0.3 is 0 Å². The third-order valence-corrected chi connectivity index (χ3v) is 5.72. The molecule has 1 atom stereocenters. The highest BCUT2D eigenvalue weighted by molar-refractivity contribution is 6.31. The molecule has 2 saturated heterocycles. The second kappa shape index (κ2) is 7.84. The van der Waals surface area contributed by atoms with Crippen molar-refractivity contribution in [2.45, 2.75) is 26.2 Å². The van der Waals surface area contributed by atoms with Gasteiger partial charge in [0.2, 0.25) is 5.91 Å². The van der Waals surface area contributed by atoms with Crippen LogP contribution in [-0.2, 0) is 4.79 Å². The minimum absolute atomic E-state index is 0.0283. The number of carbonyl (C=O) groups excluding carboxylic acids is 2. The number of hydrogen-bond acceptors (Lipinski definition) is 3. The lowest BCUT2D eigenvalue weighted by molar-refractivity contribution is -0.117. The zero-order chi connectivity index (χ0) is 19.7. The van der Waals surface area contributed by atoms with E-state index in [1.165, 1.54) is 12.1 Å². The lowest BCUT2D eigenvalue weighted by Gasteiger charge is -2.20. The van der Waals surface area contributed by atoms with E-state index in [1.807, 2.05) is 24.3 Å². The summed E-state index contributed by atoms with van der Waals surface area (Å²) in [6.07, 6.45) is 2.51. The SMILES string of the molecule is CC1CCN(c2ccc(NC(=O)c3ccc(Cl)cc3N3CCCC3=O)cc2)C1. The Bertz CT molecular complexity index is 897. The van der Waals surface area contributed by atoms with Gasteiger partial charge in [0, 0.05) is 42.5 Å². The van der Waals surface area contributed by atoms with Crippen molar-refractivity contribution in [3.63, 3.8) is 0 Å². The maximum absolute atomic E-state index is 12.9. The van der Waals surface area contributed by atoms with E-state index in [9.17, 15) is 9.59 Å². The Hall–Kier alpha value is -2.53. The molecule has 2 amide bonds. The van der Waals surface area contributed by atoms with Gasteiger partial charge in [-0.1, -0.05) is 18.5 Å². The van der Waals surface area contributed by atoms with Gasteiger partial charge in [-0.05, 0) is 61.2 Å².